The molecule has 0 fully saturated rings. The van der Waals surface area contributed by atoms with E-state index in [1.165, 1.54) is 12.5 Å². The number of benzene rings is 1. The number of fused-ring (bicyclic) bond motifs is 1. The monoisotopic (exact) mass is 280 g/mol. The summed E-state index contributed by atoms with van der Waals surface area (Å²) in [7, 11) is 0. The van der Waals surface area contributed by atoms with Crippen LogP contribution in [0.15, 0.2) is 43.0 Å². The Morgan fingerprint density at radius 1 is 1.24 bits per heavy atom. The number of amides is 1. The van der Waals surface area contributed by atoms with E-state index in [-0.39, 0.29) is 11.9 Å². The molecular weight excluding hydrogens is 268 g/mol. The van der Waals surface area contributed by atoms with Gasteiger partial charge in [-0.3, -0.25) is 4.79 Å². The number of nitrogens with zero attached hydrogens (tertiary/aromatic N) is 4. The van der Waals surface area contributed by atoms with E-state index in [4.69, 9.17) is 5.73 Å². The molecule has 0 bridgehead atoms. The second kappa shape index (κ2) is 5.49. The number of anilines is 1. The number of hydrogen-bond acceptors (Lipinski definition) is 6. The molecule has 0 unspecified atom stereocenters. The third-order valence-electron chi connectivity index (χ3n) is 2.93. The SMILES string of the molecule is Nc1ncc2cc(CNC(=O)c3ccncn3)ccc2n1. The zero-order chi connectivity index (χ0) is 14.7. The van der Waals surface area contributed by atoms with Crippen molar-refractivity contribution in [2.24, 2.45) is 0 Å². The fraction of sp³-hybridized carbons (Fsp3) is 0.0714. The minimum absolute atomic E-state index is 0.243. The summed E-state index contributed by atoms with van der Waals surface area (Å²) in [5.74, 6) is -0.00151. The van der Waals surface area contributed by atoms with Crippen molar-refractivity contribution in [3.8, 4) is 0 Å². The summed E-state index contributed by atoms with van der Waals surface area (Å²) in [6.07, 6.45) is 4.53. The number of nitrogen functional groups attached to an aromatic ring is 1. The van der Waals surface area contributed by atoms with Crippen LogP contribution in [0.3, 0.4) is 0 Å². The van der Waals surface area contributed by atoms with Gasteiger partial charge in [-0.2, -0.15) is 0 Å². The smallest absolute Gasteiger partial charge is 0.270 e. The average molecular weight is 280 g/mol. The van der Waals surface area contributed by atoms with Gasteiger partial charge in [0.15, 0.2) is 0 Å². The largest absolute Gasteiger partial charge is 0.368 e. The Morgan fingerprint density at radius 2 is 2.14 bits per heavy atom. The van der Waals surface area contributed by atoms with Crippen molar-refractivity contribution in [3.63, 3.8) is 0 Å². The molecule has 0 atom stereocenters. The fourth-order valence-corrected chi connectivity index (χ4v) is 1.91. The molecule has 0 saturated carbocycles. The third-order valence-corrected chi connectivity index (χ3v) is 2.93. The van der Waals surface area contributed by atoms with Gasteiger partial charge in [0.1, 0.15) is 12.0 Å². The summed E-state index contributed by atoms with van der Waals surface area (Å²) in [5, 5.41) is 3.67. The number of hydrogen-bond donors (Lipinski definition) is 2. The molecular formula is C14H12N6O. The normalized spacial score (nSPS) is 10.5. The van der Waals surface area contributed by atoms with Gasteiger partial charge in [-0.1, -0.05) is 6.07 Å². The number of nitrogens with two attached hydrogens (primary N) is 1. The molecule has 7 nitrogen and oxygen atoms in total. The molecule has 0 saturated heterocycles. The van der Waals surface area contributed by atoms with Gasteiger partial charge in [0.25, 0.3) is 5.91 Å². The van der Waals surface area contributed by atoms with Gasteiger partial charge in [-0.05, 0) is 23.8 Å². The fourth-order valence-electron chi connectivity index (χ4n) is 1.91. The number of rotatable bonds is 3. The van der Waals surface area contributed by atoms with Crippen molar-refractivity contribution in [1.29, 1.82) is 0 Å². The van der Waals surface area contributed by atoms with Crippen LogP contribution in [0.4, 0.5) is 5.95 Å². The van der Waals surface area contributed by atoms with Crippen LogP contribution in [0.2, 0.25) is 0 Å². The van der Waals surface area contributed by atoms with Crippen LogP contribution < -0.4 is 11.1 Å². The summed E-state index contributed by atoms with van der Waals surface area (Å²) in [6.45, 7) is 0.392. The molecule has 0 aliphatic rings. The Morgan fingerprint density at radius 3 is 2.95 bits per heavy atom. The molecule has 3 rings (SSSR count). The lowest BCUT2D eigenvalue weighted by atomic mass is 10.1. The maximum absolute atomic E-state index is 11.9. The summed E-state index contributed by atoms with van der Waals surface area (Å²) in [4.78, 5) is 27.6. The lowest BCUT2D eigenvalue weighted by Crippen LogP contribution is -2.23. The van der Waals surface area contributed by atoms with Crippen LogP contribution >= 0.6 is 0 Å². The highest BCUT2D eigenvalue weighted by atomic mass is 16.1. The van der Waals surface area contributed by atoms with E-state index in [2.05, 4.69) is 25.3 Å². The Hall–Kier alpha value is -3.09. The van der Waals surface area contributed by atoms with E-state index >= 15 is 0 Å². The molecule has 21 heavy (non-hydrogen) atoms. The van der Waals surface area contributed by atoms with Crippen molar-refractivity contribution in [2.75, 3.05) is 5.73 Å². The quantitative estimate of drug-likeness (QED) is 0.739. The van der Waals surface area contributed by atoms with Crippen molar-refractivity contribution in [1.82, 2.24) is 25.3 Å². The second-order valence-corrected chi connectivity index (χ2v) is 4.40. The van der Waals surface area contributed by atoms with Gasteiger partial charge in [-0.15, -0.1) is 0 Å². The van der Waals surface area contributed by atoms with Crippen LogP contribution in [-0.2, 0) is 6.54 Å². The predicted molar refractivity (Wildman–Crippen MR) is 77.2 cm³/mol. The van der Waals surface area contributed by atoms with E-state index in [0.29, 0.717) is 12.2 Å². The molecule has 3 N–H and O–H groups in total. The maximum atomic E-state index is 11.9. The van der Waals surface area contributed by atoms with Crippen molar-refractivity contribution in [3.05, 3.63) is 54.2 Å². The van der Waals surface area contributed by atoms with Gasteiger partial charge >= 0.3 is 0 Å². The zero-order valence-electron chi connectivity index (χ0n) is 11.0. The first kappa shape index (κ1) is 12.9. The van der Waals surface area contributed by atoms with Crippen molar-refractivity contribution in [2.45, 2.75) is 6.54 Å². The Kier molecular flexibility index (Phi) is 3.38. The highest BCUT2D eigenvalue weighted by molar-refractivity contribution is 5.92. The minimum Gasteiger partial charge on any atom is -0.368 e. The van der Waals surface area contributed by atoms with E-state index in [0.717, 1.165) is 16.5 Å². The molecule has 0 aliphatic heterocycles. The van der Waals surface area contributed by atoms with Gasteiger partial charge in [0.05, 0.1) is 5.52 Å². The van der Waals surface area contributed by atoms with Crippen molar-refractivity contribution < 1.29 is 4.79 Å². The highest BCUT2D eigenvalue weighted by Crippen LogP contribution is 2.14. The maximum Gasteiger partial charge on any atom is 0.270 e. The standard InChI is InChI=1S/C14H12N6O/c15-14-18-7-10-5-9(1-2-11(10)20-14)6-17-13(21)12-3-4-16-8-19-12/h1-5,7-8H,6H2,(H,17,21)(H2,15,18,20). The van der Waals surface area contributed by atoms with Gasteiger partial charge in [-0.25, -0.2) is 19.9 Å². The van der Waals surface area contributed by atoms with Crippen LogP contribution in [0, 0.1) is 0 Å². The average Bonchev–Trinajstić information content (AvgIpc) is 2.53. The Labute approximate surface area is 120 Å². The topological polar surface area (TPSA) is 107 Å². The molecule has 0 radical (unpaired) electrons. The van der Waals surface area contributed by atoms with Crippen molar-refractivity contribution >= 4 is 22.8 Å². The minimum atomic E-state index is -0.244. The molecule has 0 aliphatic carbocycles. The lowest BCUT2D eigenvalue weighted by molar-refractivity contribution is 0.0945. The van der Waals surface area contributed by atoms with Crippen LogP contribution in [0.1, 0.15) is 16.1 Å². The number of nitrogens with one attached hydrogen (secondary N) is 1. The molecule has 2 heterocycles. The molecule has 7 heteroatoms. The molecule has 104 valence electrons. The molecule has 2 aromatic heterocycles. The Bertz CT molecular complexity index is 790. The van der Waals surface area contributed by atoms with Crippen LogP contribution in [0.25, 0.3) is 10.9 Å². The van der Waals surface area contributed by atoms with Crippen LogP contribution in [0.5, 0.6) is 0 Å². The van der Waals surface area contributed by atoms with E-state index in [9.17, 15) is 4.79 Å². The summed E-state index contributed by atoms with van der Waals surface area (Å²) in [5.41, 5.74) is 7.58. The number of aromatic nitrogens is 4. The number of carbonyl (C=O) groups excluding carboxylic acids is 1. The molecule has 1 aromatic carbocycles. The van der Waals surface area contributed by atoms with E-state index in [1.807, 2.05) is 18.2 Å². The predicted octanol–water partition coefficient (Wildman–Crippen LogP) is 0.932. The van der Waals surface area contributed by atoms with Gasteiger partial charge < -0.3 is 11.1 Å². The first-order valence-electron chi connectivity index (χ1n) is 6.28. The van der Waals surface area contributed by atoms with Crippen LogP contribution in [-0.4, -0.2) is 25.8 Å². The first-order chi connectivity index (χ1) is 10.2. The Balaban J connectivity index is 1.73. The highest BCUT2D eigenvalue weighted by Gasteiger charge is 2.06. The van der Waals surface area contributed by atoms with Gasteiger partial charge in [0, 0.05) is 24.3 Å². The molecule has 3 aromatic rings. The van der Waals surface area contributed by atoms with E-state index in [1.54, 1.807) is 12.3 Å². The van der Waals surface area contributed by atoms with E-state index < -0.39 is 0 Å². The zero-order valence-corrected chi connectivity index (χ0v) is 11.0. The summed E-state index contributed by atoms with van der Waals surface area (Å²) >= 11 is 0. The second-order valence-electron chi connectivity index (χ2n) is 4.40. The summed E-state index contributed by atoms with van der Waals surface area (Å²) in [6, 6.07) is 7.20. The third kappa shape index (κ3) is 2.92. The first-order valence-corrected chi connectivity index (χ1v) is 6.28. The number of carbonyl (C=O) groups is 1. The molecule has 0 spiro atoms. The molecule has 1 amide bonds. The van der Waals surface area contributed by atoms with Gasteiger partial charge in [0.2, 0.25) is 5.95 Å². The lowest BCUT2D eigenvalue weighted by Gasteiger charge is -2.06. The summed E-state index contributed by atoms with van der Waals surface area (Å²) < 4.78 is 0.